The first-order valence-electron chi connectivity index (χ1n) is 6.19. The van der Waals surface area contributed by atoms with Gasteiger partial charge in [0.2, 0.25) is 0 Å². The molecule has 98 valence electrons. The molecule has 5 heteroatoms. The van der Waals surface area contributed by atoms with Gasteiger partial charge in [0.05, 0.1) is 10.6 Å². The highest BCUT2D eigenvalue weighted by atomic mass is 35.5. The Bertz CT molecular complexity index is 430. The number of hydrogen-bond donors (Lipinski definition) is 2. The summed E-state index contributed by atoms with van der Waals surface area (Å²) in [6.45, 7) is 4.93. The summed E-state index contributed by atoms with van der Waals surface area (Å²) < 4.78 is 0. The smallest absolute Gasteiger partial charge is 0.252 e. The van der Waals surface area contributed by atoms with Crippen LogP contribution in [0.5, 0.6) is 0 Å². The maximum atomic E-state index is 12.0. The van der Waals surface area contributed by atoms with Gasteiger partial charge in [0.25, 0.3) is 5.91 Å². The van der Waals surface area contributed by atoms with Gasteiger partial charge in [0.1, 0.15) is 0 Å². The van der Waals surface area contributed by atoms with Gasteiger partial charge in [-0.05, 0) is 37.4 Å². The van der Waals surface area contributed by atoms with Gasteiger partial charge >= 0.3 is 0 Å². The van der Waals surface area contributed by atoms with Gasteiger partial charge in [-0.15, -0.1) is 0 Å². The third kappa shape index (κ3) is 3.21. The molecule has 18 heavy (non-hydrogen) atoms. The van der Waals surface area contributed by atoms with E-state index in [1.165, 1.54) is 6.20 Å². The topological polar surface area (TPSA) is 54.0 Å². The van der Waals surface area contributed by atoms with E-state index in [1.54, 1.807) is 12.3 Å². The Morgan fingerprint density at radius 2 is 2.28 bits per heavy atom. The molecule has 0 spiro atoms. The second-order valence-corrected chi connectivity index (χ2v) is 5.51. The number of carbonyl (C=O) groups excluding carboxylic acids is 1. The SMILES string of the molecule is CC1(CNC(=O)c2ccncc2Cl)CCNCC1. The number of piperidine rings is 1. The van der Waals surface area contributed by atoms with Gasteiger partial charge in [0.15, 0.2) is 0 Å². The first-order valence-corrected chi connectivity index (χ1v) is 6.57. The predicted octanol–water partition coefficient (Wildman–Crippen LogP) is 1.85. The third-order valence-electron chi connectivity index (χ3n) is 3.50. The molecule has 0 aromatic carbocycles. The van der Waals surface area contributed by atoms with Crippen LogP contribution in [-0.4, -0.2) is 30.5 Å². The fourth-order valence-electron chi connectivity index (χ4n) is 2.16. The minimum atomic E-state index is -0.123. The molecule has 0 radical (unpaired) electrons. The largest absolute Gasteiger partial charge is 0.351 e. The quantitative estimate of drug-likeness (QED) is 0.879. The van der Waals surface area contributed by atoms with Crippen LogP contribution in [0.15, 0.2) is 18.5 Å². The lowest BCUT2D eigenvalue weighted by molar-refractivity contribution is 0.0922. The van der Waals surface area contributed by atoms with Crippen molar-refractivity contribution < 1.29 is 4.79 Å². The lowest BCUT2D eigenvalue weighted by Crippen LogP contribution is -2.42. The summed E-state index contributed by atoms with van der Waals surface area (Å²) in [5.74, 6) is -0.123. The molecule has 4 nitrogen and oxygen atoms in total. The van der Waals surface area contributed by atoms with Crippen molar-refractivity contribution in [2.24, 2.45) is 5.41 Å². The number of nitrogens with one attached hydrogen (secondary N) is 2. The highest BCUT2D eigenvalue weighted by Crippen LogP contribution is 2.26. The Kier molecular flexibility index (Phi) is 4.19. The average Bonchev–Trinajstić information content (AvgIpc) is 2.38. The van der Waals surface area contributed by atoms with Crippen LogP contribution in [0.4, 0.5) is 0 Å². The second kappa shape index (κ2) is 5.67. The Morgan fingerprint density at radius 1 is 1.56 bits per heavy atom. The highest BCUT2D eigenvalue weighted by Gasteiger charge is 2.27. The molecule has 1 aromatic rings. The van der Waals surface area contributed by atoms with Gasteiger partial charge in [-0.25, -0.2) is 0 Å². The summed E-state index contributed by atoms with van der Waals surface area (Å²) in [4.78, 5) is 15.9. The number of pyridine rings is 1. The van der Waals surface area contributed by atoms with Crippen molar-refractivity contribution in [1.29, 1.82) is 0 Å². The van der Waals surface area contributed by atoms with Crippen LogP contribution in [-0.2, 0) is 0 Å². The molecule has 0 saturated carbocycles. The molecule has 2 heterocycles. The standard InChI is InChI=1S/C13H18ClN3O/c1-13(3-6-15-7-4-13)9-17-12(18)10-2-5-16-8-11(10)14/h2,5,8,15H,3-4,6-7,9H2,1H3,(H,17,18). The molecule has 2 N–H and O–H groups in total. The fourth-order valence-corrected chi connectivity index (χ4v) is 2.36. The predicted molar refractivity (Wildman–Crippen MR) is 71.8 cm³/mol. The number of aromatic nitrogens is 1. The molecule has 0 unspecified atom stereocenters. The van der Waals surface area contributed by atoms with Gasteiger partial charge in [-0.3, -0.25) is 9.78 Å². The zero-order valence-electron chi connectivity index (χ0n) is 10.5. The monoisotopic (exact) mass is 267 g/mol. The summed E-state index contributed by atoms with van der Waals surface area (Å²) in [5.41, 5.74) is 0.671. The van der Waals surface area contributed by atoms with Gasteiger partial charge in [-0.2, -0.15) is 0 Å². The van der Waals surface area contributed by atoms with E-state index >= 15 is 0 Å². The van der Waals surface area contributed by atoms with E-state index < -0.39 is 0 Å². The molecule has 1 aromatic heterocycles. The highest BCUT2D eigenvalue weighted by molar-refractivity contribution is 6.33. The van der Waals surface area contributed by atoms with Crippen LogP contribution in [0.3, 0.4) is 0 Å². The van der Waals surface area contributed by atoms with Crippen LogP contribution < -0.4 is 10.6 Å². The van der Waals surface area contributed by atoms with Gasteiger partial charge in [0, 0.05) is 18.9 Å². The summed E-state index contributed by atoms with van der Waals surface area (Å²) >= 11 is 5.94. The van der Waals surface area contributed by atoms with E-state index in [0.717, 1.165) is 25.9 Å². The average molecular weight is 268 g/mol. The summed E-state index contributed by atoms with van der Waals surface area (Å²) in [6, 6.07) is 1.64. The molecule has 1 saturated heterocycles. The molecule has 1 amide bonds. The van der Waals surface area contributed by atoms with Crippen LogP contribution >= 0.6 is 11.6 Å². The van der Waals surface area contributed by atoms with E-state index in [4.69, 9.17) is 11.6 Å². The molecule has 1 aliphatic heterocycles. The van der Waals surface area contributed by atoms with Crippen molar-refractivity contribution in [3.63, 3.8) is 0 Å². The zero-order valence-corrected chi connectivity index (χ0v) is 11.3. The molecular weight excluding hydrogens is 250 g/mol. The van der Waals surface area contributed by atoms with Crippen molar-refractivity contribution in [2.45, 2.75) is 19.8 Å². The summed E-state index contributed by atoms with van der Waals surface area (Å²) in [7, 11) is 0. The van der Waals surface area contributed by atoms with Gasteiger partial charge in [-0.1, -0.05) is 18.5 Å². The minimum absolute atomic E-state index is 0.123. The van der Waals surface area contributed by atoms with E-state index in [-0.39, 0.29) is 11.3 Å². The number of carbonyl (C=O) groups is 1. The van der Waals surface area contributed by atoms with Gasteiger partial charge < -0.3 is 10.6 Å². The van der Waals surface area contributed by atoms with Crippen LogP contribution in [0, 0.1) is 5.41 Å². The van der Waals surface area contributed by atoms with E-state index in [1.807, 2.05) is 0 Å². The molecule has 0 atom stereocenters. The number of nitrogens with zero attached hydrogens (tertiary/aromatic N) is 1. The Hall–Kier alpha value is -1.13. The maximum Gasteiger partial charge on any atom is 0.252 e. The van der Waals surface area contributed by atoms with E-state index in [9.17, 15) is 4.79 Å². The summed E-state index contributed by atoms with van der Waals surface area (Å²) in [6.07, 6.45) is 5.23. The zero-order chi connectivity index (χ0) is 13.0. The molecule has 0 aliphatic carbocycles. The van der Waals surface area contributed by atoms with Crippen molar-refractivity contribution >= 4 is 17.5 Å². The Morgan fingerprint density at radius 3 is 2.94 bits per heavy atom. The molecule has 1 fully saturated rings. The Labute approximate surface area is 112 Å². The fraction of sp³-hybridized carbons (Fsp3) is 0.538. The van der Waals surface area contributed by atoms with Crippen molar-refractivity contribution in [2.75, 3.05) is 19.6 Å². The second-order valence-electron chi connectivity index (χ2n) is 5.10. The third-order valence-corrected chi connectivity index (χ3v) is 3.80. The lowest BCUT2D eigenvalue weighted by atomic mass is 9.81. The molecular formula is C13H18ClN3O. The van der Waals surface area contributed by atoms with E-state index in [2.05, 4.69) is 22.5 Å². The first-order chi connectivity index (χ1) is 8.61. The lowest BCUT2D eigenvalue weighted by Gasteiger charge is -2.34. The van der Waals surface area contributed by atoms with Crippen LogP contribution in [0.1, 0.15) is 30.1 Å². The van der Waals surface area contributed by atoms with Crippen LogP contribution in [0.2, 0.25) is 5.02 Å². The number of hydrogen-bond acceptors (Lipinski definition) is 3. The summed E-state index contributed by atoms with van der Waals surface area (Å²) in [5, 5.41) is 6.69. The number of rotatable bonds is 3. The van der Waals surface area contributed by atoms with Crippen LogP contribution in [0.25, 0.3) is 0 Å². The van der Waals surface area contributed by atoms with Crippen molar-refractivity contribution in [3.8, 4) is 0 Å². The van der Waals surface area contributed by atoms with Crippen molar-refractivity contribution in [3.05, 3.63) is 29.0 Å². The molecule has 1 aliphatic rings. The normalized spacial score (nSPS) is 18.3. The maximum absolute atomic E-state index is 12.0. The van der Waals surface area contributed by atoms with E-state index in [0.29, 0.717) is 17.1 Å². The van der Waals surface area contributed by atoms with Crippen molar-refractivity contribution in [1.82, 2.24) is 15.6 Å². The minimum Gasteiger partial charge on any atom is -0.351 e. The first kappa shape index (κ1) is 13.3. The molecule has 2 rings (SSSR count). The number of halogens is 1. The number of amides is 1. The Balaban J connectivity index is 1.94. The molecule has 0 bridgehead atoms.